The number of hydrogen-bond acceptors (Lipinski definition) is 5. The Morgan fingerprint density at radius 2 is 1.95 bits per heavy atom. The van der Waals surface area contributed by atoms with Crippen molar-refractivity contribution in [1.82, 2.24) is 10.2 Å². The molecule has 2 amide bonds. The number of carbonyl (C=O) groups is 3. The Morgan fingerprint density at radius 1 is 1.36 bits per heavy atom. The molecule has 3 atom stereocenters. The van der Waals surface area contributed by atoms with Crippen molar-refractivity contribution >= 4 is 23.7 Å². The van der Waals surface area contributed by atoms with Gasteiger partial charge in [0, 0.05) is 21.0 Å². The van der Waals surface area contributed by atoms with E-state index in [1.54, 1.807) is 0 Å². The Kier molecular flexibility index (Phi) is 5.33. The van der Waals surface area contributed by atoms with Crippen molar-refractivity contribution in [1.29, 1.82) is 0 Å². The smallest absolute Gasteiger partial charge is 0.370 e. The molecule has 1 aliphatic heterocycles. The SMILES string of the molecule is CC(=O)N[C@@H]1[C@@H](C(=O)N(C)C)OC(C(=O)O)=C[C@H]1N=C(N)N. The molecule has 0 aromatic rings. The first-order valence-electron chi connectivity index (χ1n) is 6.32. The number of nitrogens with two attached hydrogens (primary N) is 2. The van der Waals surface area contributed by atoms with Crippen LogP contribution in [0.25, 0.3) is 0 Å². The largest absolute Gasteiger partial charge is 0.475 e. The highest BCUT2D eigenvalue weighted by Crippen LogP contribution is 2.22. The van der Waals surface area contributed by atoms with Gasteiger partial charge in [0.2, 0.25) is 11.7 Å². The molecule has 10 heteroatoms. The van der Waals surface area contributed by atoms with E-state index in [9.17, 15) is 14.4 Å². The third-order valence-corrected chi connectivity index (χ3v) is 2.83. The predicted octanol–water partition coefficient (Wildman–Crippen LogP) is -2.41. The van der Waals surface area contributed by atoms with E-state index < -0.39 is 41.7 Å². The molecule has 0 radical (unpaired) electrons. The topological polar surface area (TPSA) is 160 Å². The molecule has 1 rings (SSSR count). The van der Waals surface area contributed by atoms with E-state index >= 15 is 0 Å². The number of nitrogens with one attached hydrogen (secondary N) is 1. The summed E-state index contributed by atoms with van der Waals surface area (Å²) >= 11 is 0. The Morgan fingerprint density at radius 3 is 2.36 bits per heavy atom. The molecule has 122 valence electrons. The number of nitrogens with zero attached hydrogens (tertiary/aromatic N) is 2. The van der Waals surface area contributed by atoms with Gasteiger partial charge in [-0.1, -0.05) is 0 Å². The highest BCUT2D eigenvalue weighted by Gasteiger charge is 2.42. The fourth-order valence-electron chi connectivity index (χ4n) is 1.95. The summed E-state index contributed by atoms with van der Waals surface area (Å²) in [5.41, 5.74) is 10.6. The van der Waals surface area contributed by atoms with Crippen LogP contribution in [-0.2, 0) is 19.1 Å². The fraction of sp³-hybridized carbons (Fsp3) is 0.500. The van der Waals surface area contributed by atoms with Crippen molar-refractivity contribution in [3.8, 4) is 0 Å². The first kappa shape index (κ1) is 17.3. The third kappa shape index (κ3) is 4.11. The second kappa shape index (κ2) is 6.78. The average Bonchev–Trinajstić information content (AvgIpc) is 2.38. The van der Waals surface area contributed by atoms with Crippen LogP contribution in [-0.4, -0.2) is 66.0 Å². The third-order valence-electron chi connectivity index (χ3n) is 2.83. The Hall–Kier alpha value is -2.78. The maximum atomic E-state index is 12.2. The van der Waals surface area contributed by atoms with Gasteiger partial charge in [-0.2, -0.15) is 0 Å². The Labute approximate surface area is 126 Å². The van der Waals surface area contributed by atoms with Crippen molar-refractivity contribution in [3.05, 3.63) is 11.8 Å². The van der Waals surface area contributed by atoms with Crippen molar-refractivity contribution in [2.24, 2.45) is 16.5 Å². The van der Waals surface area contributed by atoms with Crippen LogP contribution in [0.5, 0.6) is 0 Å². The highest BCUT2D eigenvalue weighted by atomic mass is 16.5. The summed E-state index contributed by atoms with van der Waals surface area (Å²) in [5.74, 6) is -3.10. The second-order valence-corrected chi connectivity index (χ2v) is 4.88. The van der Waals surface area contributed by atoms with Crippen LogP contribution < -0.4 is 16.8 Å². The number of carboxylic acids is 1. The van der Waals surface area contributed by atoms with Crippen molar-refractivity contribution in [2.45, 2.75) is 25.1 Å². The maximum Gasteiger partial charge on any atom is 0.370 e. The molecule has 6 N–H and O–H groups in total. The van der Waals surface area contributed by atoms with Crippen LogP contribution in [0.15, 0.2) is 16.8 Å². The predicted molar refractivity (Wildman–Crippen MR) is 76.5 cm³/mol. The molecule has 0 aliphatic carbocycles. The van der Waals surface area contributed by atoms with E-state index in [1.807, 2.05) is 0 Å². The van der Waals surface area contributed by atoms with Crippen molar-refractivity contribution in [3.63, 3.8) is 0 Å². The average molecular weight is 313 g/mol. The number of hydrogen-bond donors (Lipinski definition) is 4. The summed E-state index contributed by atoms with van der Waals surface area (Å²) in [6.07, 6.45) is -0.120. The quantitative estimate of drug-likeness (QED) is 0.332. The molecular formula is C12H19N5O5. The molecule has 0 fully saturated rings. The van der Waals surface area contributed by atoms with E-state index in [4.69, 9.17) is 21.3 Å². The minimum atomic E-state index is -1.37. The molecule has 0 spiro atoms. The zero-order chi connectivity index (χ0) is 17.0. The van der Waals surface area contributed by atoms with Gasteiger partial charge in [0.1, 0.15) is 12.1 Å². The summed E-state index contributed by atoms with van der Waals surface area (Å²) in [5, 5.41) is 11.6. The summed E-state index contributed by atoms with van der Waals surface area (Å²) in [6.45, 7) is 1.25. The molecule has 0 unspecified atom stereocenters. The summed E-state index contributed by atoms with van der Waals surface area (Å²) in [7, 11) is 2.95. The highest BCUT2D eigenvalue weighted by molar-refractivity contribution is 5.88. The summed E-state index contributed by atoms with van der Waals surface area (Å²) in [6, 6.07) is -1.87. The maximum absolute atomic E-state index is 12.2. The molecule has 0 aromatic carbocycles. The lowest BCUT2D eigenvalue weighted by atomic mass is 9.97. The molecule has 0 saturated carbocycles. The minimum absolute atomic E-state index is 0.306. The van der Waals surface area contributed by atoms with E-state index in [-0.39, 0.29) is 5.96 Å². The van der Waals surface area contributed by atoms with E-state index in [0.29, 0.717) is 0 Å². The lowest BCUT2D eigenvalue weighted by Gasteiger charge is -2.35. The first-order valence-corrected chi connectivity index (χ1v) is 6.32. The number of aliphatic carboxylic acids is 1. The summed E-state index contributed by atoms with van der Waals surface area (Å²) < 4.78 is 5.20. The second-order valence-electron chi connectivity index (χ2n) is 4.88. The normalized spacial score (nSPS) is 23.6. The van der Waals surface area contributed by atoms with Crippen LogP contribution in [0.2, 0.25) is 0 Å². The van der Waals surface area contributed by atoms with E-state index in [2.05, 4.69) is 10.3 Å². The lowest BCUT2D eigenvalue weighted by molar-refractivity contribution is -0.147. The molecule has 10 nitrogen and oxygen atoms in total. The Balaban J connectivity index is 3.31. The monoisotopic (exact) mass is 313 g/mol. The number of likely N-dealkylation sites (N-methyl/N-ethyl adjacent to an activating group) is 1. The first-order chi connectivity index (χ1) is 10.1. The number of guanidine groups is 1. The van der Waals surface area contributed by atoms with Gasteiger partial charge in [-0.05, 0) is 6.08 Å². The van der Waals surface area contributed by atoms with E-state index in [1.165, 1.54) is 25.9 Å². The van der Waals surface area contributed by atoms with Gasteiger partial charge in [-0.15, -0.1) is 0 Å². The van der Waals surface area contributed by atoms with Gasteiger partial charge in [-0.25, -0.2) is 9.79 Å². The molecule has 0 aromatic heterocycles. The standard InChI is InChI=1S/C12H19N5O5/c1-5(18)15-8-6(16-12(13)14)4-7(11(20)21)22-9(8)10(19)17(2)3/h4,6,8-9H,1-3H3,(H,15,18)(H,20,21)(H4,13,14,16)/t6-,8+,9+/m1/s1. The molecular weight excluding hydrogens is 294 g/mol. The fourth-order valence-corrected chi connectivity index (χ4v) is 1.95. The number of carbonyl (C=O) groups excluding carboxylic acids is 2. The summed E-state index contributed by atoms with van der Waals surface area (Å²) in [4.78, 5) is 39.8. The lowest BCUT2D eigenvalue weighted by Crippen LogP contribution is -2.58. The minimum Gasteiger partial charge on any atom is -0.475 e. The van der Waals surface area contributed by atoms with Gasteiger partial charge in [-0.3, -0.25) is 9.59 Å². The zero-order valence-electron chi connectivity index (χ0n) is 12.4. The van der Waals surface area contributed by atoms with Crippen LogP contribution in [0.4, 0.5) is 0 Å². The number of rotatable bonds is 4. The number of ether oxygens (including phenoxy) is 1. The molecule has 0 saturated heterocycles. The molecule has 0 bridgehead atoms. The van der Waals surface area contributed by atoms with Crippen molar-refractivity contribution < 1.29 is 24.2 Å². The van der Waals surface area contributed by atoms with Crippen LogP contribution in [0.3, 0.4) is 0 Å². The van der Waals surface area contributed by atoms with Gasteiger partial charge in [0.15, 0.2) is 12.1 Å². The molecule has 1 heterocycles. The van der Waals surface area contributed by atoms with Gasteiger partial charge < -0.3 is 31.5 Å². The van der Waals surface area contributed by atoms with Crippen LogP contribution in [0, 0.1) is 0 Å². The number of amides is 2. The molecule has 1 aliphatic rings. The number of aliphatic imine (C=N–C) groups is 1. The Bertz CT molecular complexity index is 538. The van der Waals surface area contributed by atoms with Crippen LogP contribution in [0.1, 0.15) is 6.92 Å². The zero-order valence-corrected chi connectivity index (χ0v) is 12.4. The molecule has 22 heavy (non-hydrogen) atoms. The van der Waals surface area contributed by atoms with Crippen LogP contribution >= 0.6 is 0 Å². The number of carboxylic acid groups (broad SMARTS) is 1. The van der Waals surface area contributed by atoms with Gasteiger partial charge >= 0.3 is 5.97 Å². The van der Waals surface area contributed by atoms with Gasteiger partial charge in [0.05, 0.1) is 0 Å². The van der Waals surface area contributed by atoms with Gasteiger partial charge in [0.25, 0.3) is 5.91 Å². The van der Waals surface area contributed by atoms with Crippen molar-refractivity contribution in [2.75, 3.05) is 14.1 Å². The van der Waals surface area contributed by atoms with E-state index in [0.717, 1.165) is 6.08 Å².